The minimum absolute atomic E-state index is 0.0910. The Bertz CT molecular complexity index is 368. The highest BCUT2D eigenvalue weighted by molar-refractivity contribution is 5.44. The molecule has 0 bridgehead atoms. The summed E-state index contributed by atoms with van der Waals surface area (Å²) in [5, 5.41) is 3.66. The lowest BCUT2D eigenvalue weighted by Gasteiger charge is -1.85. The molecule has 0 aliphatic rings. The van der Waals surface area contributed by atoms with Crippen LogP contribution in [0.2, 0.25) is 0 Å². The van der Waals surface area contributed by atoms with Gasteiger partial charge in [0.25, 0.3) is 5.89 Å². The number of aromatic nitrogens is 2. The molecule has 0 saturated heterocycles. The maximum atomic E-state index is 5.05. The van der Waals surface area contributed by atoms with Gasteiger partial charge in [-0.3, -0.25) is 4.84 Å². The summed E-state index contributed by atoms with van der Waals surface area (Å²) in [5.41, 5.74) is 0. The Morgan fingerprint density at radius 2 is 2.46 bits per heavy atom. The van der Waals surface area contributed by atoms with Crippen molar-refractivity contribution in [2.24, 2.45) is 5.90 Å². The Kier molecular flexibility index (Phi) is 2.07. The fourth-order valence-electron chi connectivity index (χ4n) is 0.891. The summed E-state index contributed by atoms with van der Waals surface area (Å²) in [6.07, 6.45) is 1.53. The molecule has 2 rings (SSSR count). The van der Waals surface area contributed by atoms with Gasteiger partial charge in [-0.25, -0.2) is 5.90 Å². The van der Waals surface area contributed by atoms with Crippen LogP contribution in [0.4, 0.5) is 0 Å². The van der Waals surface area contributed by atoms with E-state index in [0.29, 0.717) is 17.5 Å². The van der Waals surface area contributed by atoms with Crippen molar-refractivity contribution in [2.75, 3.05) is 0 Å². The van der Waals surface area contributed by atoms with Crippen molar-refractivity contribution in [2.45, 2.75) is 6.61 Å². The van der Waals surface area contributed by atoms with Gasteiger partial charge in [-0.15, -0.1) is 0 Å². The van der Waals surface area contributed by atoms with E-state index < -0.39 is 0 Å². The second kappa shape index (κ2) is 3.38. The van der Waals surface area contributed by atoms with E-state index in [2.05, 4.69) is 15.0 Å². The highest BCUT2D eigenvalue weighted by atomic mass is 16.6. The van der Waals surface area contributed by atoms with Crippen molar-refractivity contribution >= 4 is 0 Å². The van der Waals surface area contributed by atoms with Crippen LogP contribution in [0.1, 0.15) is 5.89 Å². The molecule has 2 N–H and O–H groups in total. The fraction of sp³-hybridized carbons (Fsp3) is 0.143. The first-order valence-electron chi connectivity index (χ1n) is 3.58. The standard InChI is InChI=1S/C7H7N3O3/c8-12-4-6-9-7(10-13-6)5-2-1-3-11-5/h1-3H,4,8H2. The normalized spacial score (nSPS) is 10.5. The van der Waals surface area contributed by atoms with Crippen molar-refractivity contribution in [1.82, 2.24) is 10.1 Å². The molecule has 6 nitrogen and oxygen atoms in total. The van der Waals surface area contributed by atoms with Gasteiger partial charge < -0.3 is 8.94 Å². The van der Waals surface area contributed by atoms with Crippen LogP contribution in [0.25, 0.3) is 11.6 Å². The average Bonchev–Trinajstić information content (AvgIpc) is 2.70. The molecule has 0 aliphatic carbocycles. The zero-order chi connectivity index (χ0) is 9.10. The van der Waals surface area contributed by atoms with Crippen LogP contribution in [0.15, 0.2) is 27.3 Å². The van der Waals surface area contributed by atoms with Gasteiger partial charge >= 0.3 is 0 Å². The molecular weight excluding hydrogens is 174 g/mol. The molecule has 2 aromatic heterocycles. The van der Waals surface area contributed by atoms with E-state index in [9.17, 15) is 0 Å². The average molecular weight is 181 g/mol. The lowest BCUT2D eigenvalue weighted by Crippen LogP contribution is -1.98. The van der Waals surface area contributed by atoms with Crippen molar-refractivity contribution in [3.8, 4) is 11.6 Å². The summed E-state index contributed by atoms with van der Waals surface area (Å²) in [4.78, 5) is 8.30. The van der Waals surface area contributed by atoms with Crippen LogP contribution in [0.5, 0.6) is 0 Å². The quantitative estimate of drug-likeness (QED) is 0.702. The zero-order valence-corrected chi connectivity index (χ0v) is 6.64. The number of nitrogens with two attached hydrogens (primary N) is 1. The number of hydrogen-bond acceptors (Lipinski definition) is 6. The number of nitrogens with zero attached hydrogens (tertiary/aromatic N) is 2. The molecule has 0 aliphatic heterocycles. The number of hydrogen-bond donors (Lipinski definition) is 1. The Labute approximate surface area is 73.2 Å². The van der Waals surface area contributed by atoms with Gasteiger partial charge in [0.05, 0.1) is 6.26 Å². The maximum Gasteiger partial charge on any atom is 0.255 e. The largest absolute Gasteiger partial charge is 0.461 e. The lowest BCUT2D eigenvalue weighted by atomic mass is 10.4. The predicted molar refractivity (Wildman–Crippen MR) is 41.0 cm³/mol. The Balaban J connectivity index is 2.23. The van der Waals surface area contributed by atoms with Gasteiger partial charge in [-0.05, 0) is 12.1 Å². The Hall–Kier alpha value is -1.66. The van der Waals surface area contributed by atoms with Crippen molar-refractivity contribution < 1.29 is 13.8 Å². The first kappa shape index (κ1) is 7.96. The van der Waals surface area contributed by atoms with E-state index in [1.165, 1.54) is 6.26 Å². The lowest BCUT2D eigenvalue weighted by molar-refractivity contribution is 0.0995. The molecule has 0 unspecified atom stereocenters. The summed E-state index contributed by atoms with van der Waals surface area (Å²) in [6.45, 7) is 0.0910. The summed E-state index contributed by atoms with van der Waals surface area (Å²) >= 11 is 0. The van der Waals surface area contributed by atoms with E-state index in [1.54, 1.807) is 12.1 Å². The fourth-order valence-corrected chi connectivity index (χ4v) is 0.891. The highest BCUT2D eigenvalue weighted by Gasteiger charge is 2.09. The molecule has 6 heteroatoms. The van der Waals surface area contributed by atoms with Crippen LogP contribution in [-0.2, 0) is 11.4 Å². The molecule has 0 fully saturated rings. The molecular formula is C7H7N3O3. The molecule has 68 valence electrons. The Morgan fingerprint density at radius 3 is 3.15 bits per heavy atom. The van der Waals surface area contributed by atoms with Crippen molar-refractivity contribution in [1.29, 1.82) is 0 Å². The van der Waals surface area contributed by atoms with E-state index in [-0.39, 0.29) is 6.61 Å². The van der Waals surface area contributed by atoms with Gasteiger partial charge in [-0.2, -0.15) is 4.98 Å². The molecule has 13 heavy (non-hydrogen) atoms. The minimum Gasteiger partial charge on any atom is -0.461 e. The number of furan rings is 1. The SMILES string of the molecule is NOCc1nc(-c2ccco2)no1. The summed E-state index contributed by atoms with van der Waals surface area (Å²) in [6, 6.07) is 3.47. The molecule has 0 atom stereocenters. The van der Waals surface area contributed by atoms with Gasteiger partial charge in [0.1, 0.15) is 6.61 Å². The van der Waals surface area contributed by atoms with Crippen molar-refractivity contribution in [3.05, 3.63) is 24.3 Å². The van der Waals surface area contributed by atoms with E-state index in [0.717, 1.165) is 0 Å². The van der Waals surface area contributed by atoms with E-state index in [4.69, 9.17) is 14.8 Å². The van der Waals surface area contributed by atoms with E-state index >= 15 is 0 Å². The summed E-state index contributed by atoms with van der Waals surface area (Å²) < 4.78 is 9.86. The monoisotopic (exact) mass is 181 g/mol. The van der Waals surface area contributed by atoms with Gasteiger partial charge in [-0.1, -0.05) is 5.16 Å². The first-order valence-corrected chi connectivity index (χ1v) is 3.58. The van der Waals surface area contributed by atoms with E-state index in [1.807, 2.05) is 0 Å². The maximum absolute atomic E-state index is 5.05. The van der Waals surface area contributed by atoms with Crippen LogP contribution in [0, 0.1) is 0 Å². The Morgan fingerprint density at radius 1 is 1.54 bits per heavy atom. The van der Waals surface area contributed by atoms with Crippen LogP contribution in [0.3, 0.4) is 0 Å². The smallest absolute Gasteiger partial charge is 0.255 e. The molecule has 2 aromatic rings. The summed E-state index contributed by atoms with van der Waals surface area (Å²) in [5.74, 6) is 6.09. The second-order valence-corrected chi connectivity index (χ2v) is 2.30. The summed E-state index contributed by atoms with van der Waals surface area (Å²) in [7, 11) is 0. The molecule has 0 amide bonds. The number of rotatable bonds is 3. The van der Waals surface area contributed by atoms with Crippen molar-refractivity contribution in [3.63, 3.8) is 0 Å². The van der Waals surface area contributed by atoms with Crippen LogP contribution >= 0.6 is 0 Å². The zero-order valence-electron chi connectivity index (χ0n) is 6.64. The predicted octanol–water partition coefficient (Wildman–Crippen LogP) is 0.720. The minimum atomic E-state index is 0.0910. The van der Waals surface area contributed by atoms with Gasteiger partial charge in [0.15, 0.2) is 5.76 Å². The topological polar surface area (TPSA) is 87.3 Å². The van der Waals surface area contributed by atoms with Crippen LogP contribution in [-0.4, -0.2) is 10.1 Å². The third kappa shape index (κ3) is 1.58. The third-order valence-corrected chi connectivity index (χ3v) is 1.42. The first-order chi connectivity index (χ1) is 6.40. The van der Waals surface area contributed by atoms with Gasteiger partial charge in [0, 0.05) is 0 Å². The molecule has 0 radical (unpaired) electrons. The van der Waals surface area contributed by atoms with Crippen LogP contribution < -0.4 is 5.90 Å². The molecule has 2 heterocycles. The van der Waals surface area contributed by atoms with Gasteiger partial charge in [0.2, 0.25) is 5.82 Å². The molecule has 0 spiro atoms. The second-order valence-electron chi connectivity index (χ2n) is 2.30. The third-order valence-electron chi connectivity index (χ3n) is 1.42. The molecule has 0 aromatic carbocycles. The molecule has 0 saturated carbocycles. The highest BCUT2D eigenvalue weighted by Crippen LogP contribution is 2.15.